The quantitative estimate of drug-likeness (QED) is 0.762. The first-order chi connectivity index (χ1) is 8.51. The highest BCUT2D eigenvalue weighted by Crippen LogP contribution is 2.43. The van der Waals surface area contributed by atoms with E-state index < -0.39 is 17.2 Å². The molecule has 0 unspecified atom stereocenters. The van der Waals surface area contributed by atoms with Crippen molar-refractivity contribution in [3.05, 3.63) is 35.9 Å². The van der Waals surface area contributed by atoms with E-state index in [4.69, 9.17) is 0 Å². The molecule has 0 spiro atoms. The van der Waals surface area contributed by atoms with Crippen LogP contribution in [0, 0.1) is 0 Å². The molecule has 0 radical (unpaired) electrons. The van der Waals surface area contributed by atoms with Gasteiger partial charge in [-0.05, 0) is 18.4 Å². The summed E-state index contributed by atoms with van der Waals surface area (Å²) in [4.78, 5) is 11.5. The van der Waals surface area contributed by atoms with Crippen molar-refractivity contribution in [1.29, 1.82) is 0 Å². The van der Waals surface area contributed by atoms with Crippen molar-refractivity contribution in [2.45, 2.75) is 43.3 Å². The van der Waals surface area contributed by atoms with E-state index in [0.29, 0.717) is 12.8 Å². The van der Waals surface area contributed by atoms with Crippen molar-refractivity contribution in [2.75, 3.05) is 0 Å². The number of aliphatic carboxylic acids is 1. The minimum Gasteiger partial charge on any atom is -0.479 e. The summed E-state index contributed by atoms with van der Waals surface area (Å²) in [5.74, 6) is -1.39. The fourth-order valence-corrected chi connectivity index (χ4v) is 2.77. The molecular weight excluding hydrogens is 232 g/mol. The van der Waals surface area contributed by atoms with Crippen LogP contribution in [0.15, 0.2) is 30.3 Å². The van der Waals surface area contributed by atoms with E-state index >= 15 is 0 Å². The third-order valence-corrected chi connectivity index (χ3v) is 3.86. The first kappa shape index (κ1) is 13.1. The second-order valence-corrected chi connectivity index (χ2v) is 4.97. The summed E-state index contributed by atoms with van der Waals surface area (Å²) in [6.07, 6.45) is 3.06. The molecule has 0 aromatic heterocycles. The molecule has 1 aliphatic carbocycles. The number of carbonyl (C=O) groups is 1. The average Bonchev–Trinajstić information content (AvgIpc) is 2.39. The van der Waals surface area contributed by atoms with E-state index in [0.717, 1.165) is 19.3 Å². The molecule has 18 heavy (non-hydrogen) atoms. The second kappa shape index (κ2) is 4.71. The zero-order valence-corrected chi connectivity index (χ0v) is 10.2. The summed E-state index contributed by atoms with van der Waals surface area (Å²) < 4.78 is 0. The first-order valence-corrected chi connectivity index (χ1v) is 6.24. The Morgan fingerprint density at radius 3 is 2.17 bits per heavy atom. The highest BCUT2D eigenvalue weighted by Gasteiger charge is 2.56. The SMILES string of the molecule is O=C(O)[C@](O)(c1ccccc1)C1(O)CCCCC1. The summed E-state index contributed by atoms with van der Waals surface area (Å²) in [6.45, 7) is 0. The molecule has 4 heteroatoms. The topological polar surface area (TPSA) is 77.8 Å². The molecule has 1 fully saturated rings. The molecule has 3 N–H and O–H groups in total. The van der Waals surface area contributed by atoms with Gasteiger partial charge in [0.25, 0.3) is 0 Å². The predicted octanol–water partition coefficient (Wildman–Crippen LogP) is 1.65. The minimum absolute atomic E-state index is 0.238. The van der Waals surface area contributed by atoms with Gasteiger partial charge in [-0.25, -0.2) is 4.79 Å². The molecule has 98 valence electrons. The van der Waals surface area contributed by atoms with Crippen LogP contribution >= 0.6 is 0 Å². The van der Waals surface area contributed by atoms with Gasteiger partial charge in [0.2, 0.25) is 5.60 Å². The average molecular weight is 250 g/mol. The van der Waals surface area contributed by atoms with Crippen LogP contribution in [0.2, 0.25) is 0 Å². The number of hydrogen-bond acceptors (Lipinski definition) is 3. The van der Waals surface area contributed by atoms with Crippen LogP contribution in [0.1, 0.15) is 37.7 Å². The summed E-state index contributed by atoms with van der Waals surface area (Å²) in [5.41, 5.74) is -3.57. The molecule has 4 nitrogen and oxygen atoms in total. The van der Waals surface area contributed by atoms with Crippen LogP contribution in [0.3, 0.4) is 0 Å². The van der Waals surface area contributed by atoms with E-state index in [2.05, 4.69) is 0 Å². The van der Waals surface area contributed by atoms with Gasteiger partial charge < -0.3 is 15.3 Å². The lowest BCUT2D eigenvalue weighted by molar-refractivity contribution is -0.203. The molecule has 1 atom stereocenters. The van der Waals surface area contributed by atoms with Gasteiger partial charge in [0.05, 0.1) is 0 Å². The summed E-state index contributed by atoms with van der Waals surface area (Å²) in [7, 11) is 0. The van der Waals surface area contributed by atoms with Crippen molar-refractivity contribution in [3.8, 4) is 0 Å². The van der Waals surface area contributed by atoms with Crippen LogP contribution in [0.4, 0.5) is 0 Å². The first-order valence-electron chi connectivity index (χ1n) is 6.24. The Hall–Kier alpha value is -1.39. The van der Waals surface area contributed by atoms with Gasteiger partial charge in [0.1, 0.15) is 5.60 Å². The van der Waals surface area contributed by atoms with E-state index in [1.807, 2.05) is 0 Å². The standard InChI is InChI=1S/C14H18O4/c15-12(16)14(18,11-7-3-1-4-8-11)13(17)9-5-2-6-10-13/h1,3-4,7-8,17-18H,2,5-6,9-10H2,(H,15,16)/t14-/m1/s1. The molecule has 0 bridgehead atoms. The minimum atomic E-state index is -2.23. The monoisotopic (exact) mass is 250 g/mol. The van der Waals surface area contributed by atoms with Crippen LogP contribution in [0.25, 0.3) is 0 Å². The number of hydrogen-bond donors (Lipinski definition) is 3. The summed E-state index contributed by atoms with van der Waals surface area (Å²) in [5, 5.41) is 30.6. The van der Waals surface area contributed by atoms with Crippen LogP contribution < -0.4 is 0 Å². The fraction of sp³-hybridized carbons (Fsp3) is 0.500. The third kappa shape index (κ3) is 1.91. The molecular formula is C14H18O4. The van der Waals surface area contributed by atoms with Gasteiger partial charge in [-0.3, -0.25) is 0 Å². The Morgan fingerprint density at radius 2 is 1.67 bits per heavy atom. The zero-order valence-electron chi connectivity index (χ0n) is 10.2. The number of carboxylic acids is 1. The van der Waals surface area contributed by atoms with E-state index in [1.54, 1.807) is 30.3 Å². The smallest absolute Gasteiger partial charge is 0.343 e. The molecule has 0 aliphatic heterocycles. The van der Waals surface area contributed by atoms with Gasteiger partial charge in [-0.15, -0.1) is 0 Å². The van der Waals surface area contributed by atoms with Gasteiger partial charge >= 0.3 is 5.97 Å². The van der Waals surface area contributed by atoms with Crippen molar-refractivity contribution in [2.24, 2.45) is 0 Å². The van der Waals surface area contributed by atoms with Crippen LogP contribution in [0.5, 0.6) is 0 Å². The van der Waals surface area contributed by atoms with Crippen molar-refractivity contribution < 1.29 is 20.1 Å². The molecule has 0 saturated heterocycles. The lowest BCUT2D eigenvalue weighted by atomic mass is 9.69. The molecule has 1 saturated carbocycles. The van der Waals surface area contributed by atoms with Gasteiger partial charge in [-0.2, -0.15) is 0 Å². The van der Waals surface area contributed by atoms with Crippen LogP contribution in [-0.4, -0.2) is 26.9 Å². The fourth-order valence-electron chi connectivity index (χ4n) is 2.77. The predicted molar refractivity (Wildman–Crippen MR) is 66.0 cm³/mol. The van der Waals surface area contributed by atoms with Gasteiger partial charge in [0.15, 0.2) is 0 Å². The zero-order chi connectivity index (χ0) is 13.2. The Kier molecular flexibility index (Phi) is 3.41. The molecule has 2 rings (SSSR count). The van der Waals surface area contributed by atoms with E-state index in [1.165, 1.54) is 0 Å². The number of aliphatic hydroxyl groups is 2. The lowest BCUT2D eigenvalue weighted by Crippen LogP contribution is -2.57. The normalized spacial score (nSPS) is 22.1. The van der Waals surface area contributed by atoms with Gasteiger partial charge in [0, 0.05) is 0 Å². The Bertz CT molecular complexity index is 423. The largest absolute Gasteiger partial charge is 0.479 e. The molecule has 0 amide bonds. The Balaban J connectivity index is 2.47. The van der Waals surface area contributed by atoms with Crippen molar-refractivity contribution in [1.82, 2.24) is 0 Å². The van der Waals surface area contributed by atoms with Crippen LogP contribution in [-0.2, 0) is 10.4 Å². The molecule has 0 heterocycles. The summed E-state index contributed by atoms with van der Waals surface area (Å²) >= 11 is 0. The maximum absolute atomic E-state index is 11.5. The summed E-state index contributed by atoms with van der Waals surface area (Å²) in [6, 6.07) is 8.16. The Morgan fingerprint density at radius 1 is 1.11 bits per heavy atom. The maximum Gasteiger partial charge on any atom is 0.343 e. The second-order valence-electron chi connectivity index (χ2n) is 4.97. The van der Waals surface area contributed by atoms with E-state index in [-0.39, 0.29) is 5.56 Å². The lowest BCUT2D eigenvalue weighted by Gasteiger charge is -2.43. The van der Waals surface area contributed by atoms with E-state index in [9.17, 15) is 20.1 Å². The molecule has 1 aliphatic rings. The third-order valence-electron chi connectivity index (χ3n) is 3.86. The number of rotatable bonds is 3. The maximum atomic E-state index is 11.5. The molecule has 1 aromatic rings. The number of carboxylic acid groups (broad SMARTS) is 1. The molecule has 1 aromatic carbocycles. The Labute approximate surface area is 106 Å². The highest BCUT2D eigenvalue weighted by molar-refractivity contribution is 5.81. The van der Waals surface area contributed by atoms with Gasteiger partial charge in [-0.1, -0.05) is 49.6 Å². The van der Waals surface area contributed by atoms with Crippen molar-refractivity contribution >= 4 is 5.97 Å². The number of benzene rings is 1. The van der Waals surface area contributed by atoms with Crippen molar-refractivity contribution in [3.63, 3.8) is 0 Å². The highest BCUT2D eigenvalue weighted by atomic mass is 16.4.